The van der Waals surface area contributed by atoms with Gasteiger partial charge >= 0.3 is 35.5 Å². The van der Waals surface area contributed by atoms with E-state index in [1.807, 2.05) is 0 Å². The molecule has 24 heavy (non-hydrogen) atoms. The van der Waals surface area contributed by atoms with Gasteiger partial charge in [0.15, 0.2) is 0 Å². The Balaban J connectivity index is -0.00000242. The Bertz CT molecular complexity index is 317. The van der Waals surface area contributed by atoms with Gasteiger partial charge in [0.25, 0.3) is 0 Å². The second kappa shape index (κ2) is 19.3. The van der Waals surface area contributed by atoms with Crippen LogP contribution in [-0.4, -0.2) is 35.5 Å². The summed E-state index contributed by atoms with van der Waals surface area (Å²) in [5.41, 5.74) is 0. The van der Waals surface area contributed by atoms with E-state index in [0.29, 0.717) is 6.42 Å². The van der Waals surface area contributed by atoms with Gasteiger partial charge in [0.1, 0.15) is 6.54 Å². The summed E-state index contributed by atoms with van der Waals surface area (Å²) in [7, 11) is 1.55. The smallest absolute Gasteiger partial charge is 1.00 e. The number of unbranched alkanes of at least 4 members (excludes halogenated alkanes) is 12. The molecule has 0 bridgehead atoms. The number of aliphatic carboxylic acids is 1. The number of rotatable bonds is 16. The molecule has 0 fully saturated rings. The zero-order valence-corrected chi connectivity index (χ0v) is 18.3. The number of hydrogen-bond donors (Lipinski definition) is 1. The molecule has 0 aromatic heterocycles. The molecule has 0 spiro atoms. The van der Waals surface area contributed by atoms with Gasteiger partial charge in [-0.1, -0.05) is 84.0 Å². The van der Waals surface area contributed by atoms with E-state index in [2.05, 4.69) is 6.92 Å². The minimum absolute atomic E-state index is 0. The van der Waals surface area contributed by atoms with E-state index in [1.54, 1.807) is 7.05 Å². The summed E-state index contributed by atoms with van der Waals surface area (Å²) in [6.07, 6.45) is 17.2. The maximum absolute atomic E-state index is 11.6. The topological polar surface area (TPSA) is 57.6 Å². The van der Waals surface area contributed by atoms with Crippen LogP contribution in [0.4, 0.5) is 0 Å². The van der Waals surface area contributed by atoms with Gasteiger partial charge in [-0.25, -0.2) is 0 Å². The molecule has 5 heteroatoms. The van der Waals surface area contributed by atoms with E-state index in [0.717, 1.165) is 12.8 Å². The van der Waals surface area contributed by atoms with Crippen LogP contribution in [-0.2, 0) is 9.59 Å². The predicted octanol–water partition coefficient (Wildman–Crippen LogP) is 2.13. The van der Waals surface area contributed by atoms with E-state index in [9.17, 15) is 9.59 Å². The maximum Gasteiger partial charge on any atom is 1.00 e. The standard InChI is InChI=1S/C19H37NO3.Na.H/c1-3-4-5-6-7-8-9-10-11-12-13-14-15-16-18(21)20(2)17-19(22)23;;/h3-17H2,1-2H3,(H,22,23);;/q;+1;-1. The molecule has 0 aliphatic carbocycles. The number of nitrogens with zero attached hydrogens (tertiary/aromatic N) is 1. The molecule has 0 aromatic rings. The second-order valence-corrected chi connectivity index (χ2v) is 6.64. The molecule has 0 rings (SSSR count). The minimum Gasteiger partial charge on any atom is -1.00 e. The van der Waals surface area contributed by atoms with Crippen LogP contribution in [0.15, 0.2) is 0 Å². The van der Waals surface area contributed by atoms with Crippen LogP contribution in [0.2, 0.25) is 0 Å². The van der Waals surface area contributed by atoms with Crippen molar-refractivity contribution >= 4 is 11.9 Å². The SMILES string of the molecule is CCCCCCCCCCCCCCCC(=O)N(C)CC(=O)O.[H-].[Na+]. The van der Waals surface area contributed by atoms with Crippen LogP contribution in [0.1, 0.15) is 98.2 Å². The Labute approximate surface area is 172 Å². The fraction of sp³-hybridized carbons (Fsp3) is 0.895. The molecule has 0 saturated heterocycles. The maximum atomic E-state index is 11.6. The van der Waals surface area contributed by atoms with Crippen molar-refractivity contribution in [2.24, 2.45) is 0 Å². The Morgan fingerprint density at radius 1 is 0.792 bits per heavy atom. The summed E-state index contributed by atoms with van der Waals surface area (Å²) in [5.74, 6) is -1.01. The van der Waals surface area contributed by atoms with Gasteiger partial charge < -0.3 is 11.4 Å². The van der Waals surface area contributed by atoms with Crippen molar-refractivity contribution < 1.29 is 45.7 Å². The average Bonchev–Trinajstić information content (AvgIpc) is 2.51. The molecule has 0 radical (unpaired) electrons. The van der Waals surface area contributed by atoms with Gasteiger partial charge in [-0.3, -0.25) is 9.59 Å². The van der Waals surface area contributed by atoms with Gasteiger partial charge in [0.2, 0.25) is 5.91 Å². The fourth-order valence-electron chi connectivity index (χ4n) is 2.78. The molecule has 1 N–H and O–H groups in total. The number of hydrogen-bond acceptors (Lipinski definition) is 2. The zero-order valence-electron chi connectivity index (χ0n) is 17.3. The van der Waals surface area contributed by atoms with Crippen LogP contribution in [0.25, 0.3) is 0 Å². The Hall–Kier alpha value is -0.0600. The van der Waals surface area contributed by atoms with E-state index in [4.69, 9.17) is 5.11 Å². The van der Waals surface area contributed by atoms with Crippen molar-refractivity contribution in [1.29, 1.82) is 0 Å². The number of carboxylic acids is 1. The monoisotopic (exact) mass is 351 g/mol. The van der Waals surface area contributed by atoms with Crippen molar-refractivity contribution in [2.45, 2.75) is 96.8 Å². The van der Waals surface area contributed by atoms with Crippen LogP contribution in [0.5, 0.6) is 0 Å². The largest absolute Gasteiger partial charge is 1.00 e. The average molecular weight is 352 g/mol. The molecular formula is C19H38NNaO3. The van der Waals surface area contributed by atoms with Gasteiger partial charge in [0.05, 0.1) is 0 Å². The molecule has 0 unspecified atom stereocenters. The Morgan fingerprint density at radius 2 is 1.17 bits per heavy atom. The van der Waals surface area contributed by atoms with Crippen LogP contribution < -0.4 is 29.6 Å². The number of amides is 1. The second-order valence-electron chi connectivity index (χ2n) is 6.64. The van der Waals surface area contributed by atoms with E-state index >= 15 is 0 Å². The number of carboxylic acid groups (broad SMARTS) is 1. The summed E-state index contributed by atoms with van der Waals surface area (Å²) in [6.45, 7) is 2.06. The minimum atomic E-state index is -0.953. The molecule has 1 amide bonds. The third-order valence-corrected chi connectivity index (χ3v) is 4.29. The molecule has 0 aliphatic heterocycles. The Morgan fingerprint density at radius 3 is 1.54 bits per heavy atom. The van der Waals surface area contributed by atoms with E-state index in [-0.39, 0.29) is 43.4 Å². The quantitative estimate of drug-likeness (QED) is 0.342. The molecule has 138 valence electrons. The Kier molecular flexibility index (Phi) is 21.0. The summed E-state index contributed by atoms with van der Waals surface area (Å²) in [6, 6.07) is 0. The molecule has 0 saturated carbocycles. The molecule has 0 atom stereocenters. The van der Waals surface area contributed by atoms with E-state index in [1.165, 1.54) is 75.5 Å². The molecular weight excluding hydrogens is 313 g/mol. The molecule has 0 aromatic carbocycles. The molecule has 0 heterocycles. The first-order chi connectivity index (χ1) is 11.1. The van der Waals surface area contributed by atoms with Gasteiger partial charge in [-0.05, 0) is 6.42 Å². The number of likely N-dealkylation sites (N-methyl/N-ethyl adjacent to an activating group) is 1. The van der Waals surface area contributed by atoms with Crippen molar-refractivity contribution in [3.05, 3.63) is 0 Å². The third kappa shape index (κ3) is 18.3. The third-order valence-electron chi connectivity index (χ3n) is 4.29. The van der Waals surface area contributed by atoms with Crippen molar-refractivity contribution in [1.82, 2.24) is 4.90 Å². The summed E-state index contributed by atoms with van der Waals surface area (Å²) < 4.78 is 0. The first-order valence-electron chi connectivity index (χ1n) is 9.53. The van der Waals surface area contributed by atoms with Gasteiger partial charge in [-0.15, -0.1) is 0 Å². The first-order valence-corrected chi connectivity index (χ1v) is 9.53. The van der Waals surface area contributed by atoms with Gasteiger partial charge in [-0.2, -0.15) is 0 Å². The molecule has 0 aliphatic rings. The van der Waals surface area contributed by atoms with Crippen LogP contribution in [0.3, 0.4) is 0 Å². The number of carbonyl (C=O) groups is 2. The normalized spacial score (nSPS) is 10.2. The summed E-state index contributed by atoms with van der Waals surface area (Å²) in [4.78, 5) is 23.4. The summed E-state index contributed by atoms with van der Waals surface area (Å²) >= 11 is 0. The molecule has 4 nitrogen and oxygen atoms in total. The number of carbonyl (C=O) groups excluding carboxylic acids is 1. The summed E-state index contributed by atoms with van der Waals surface area (Å²) in [5, 5.41) is 8.62. The van der Waals surface area contributed by atoms with Crippen molar-refractivity contribution in [2.75, 3.05) is 13.6 Å². The van der Waals surface area contributed by atoms with Crippen LogP contribution in [0, 0.1) is 0 Å². The first kappa shape index (κ1) is 26.2. The fourth-order valence-corrected chi connectivity index (χ4v) is 2.78. The predicted molar refractivity (Wildman–Crippen MR) is 96.7 cm³/mol. The van der Waals surface area contributed by atoms with Gasteiger partial charge in [0, 0.05) is 13.5 Å². The van der Waals surface area contributed by atoms with E-state index < -0.39 is 5.97 Å². The zero-order chi connectivity index (χ0) is 17.3. The van der Waals surface area contributed by atoms with Crippen molar-refractivity contribution in [3.8, 4) is 0 Å². The van der Waals surface area contributed by atoms with Crippen molar-refractivity contribution in [3.63, 3.8) is 0 Å². The van der Waals surface area contributed by atoms with Crippen LogP contribution >= 0.6 is 0 Å².